The maximum absolute atomic E-state index is 13.2. The highest BCUT2D eigenvalue weighted by molar-refractivity contribution is 7.89. The molecule has 1 aromatic heterocycles. The number of rotatable bonds is 7. The highest BCUT2D eigenvalue weighted by Gasteiger charge is 2.09. The fourth-order valence-electron chi connectivity index (χ4n) is 2.65. The van der Waals surface area contributed by atoms with Gasteiger partial charge in [0.15, 0.2) is 5.76 Å². The summed E-state index contributed by atoms with van der Waals surface area (Å²) in [5.74, 6) is 0.978. The van der Waals surface area contributed by atoms with Gasteiger partial charge in [-0.1, -0.05) is 23.7 Å². The van der Waals surface area contributed by atoms with Gasteiger partial charge in [0.25, 0.3) is 0 Å². The van der Waals surface area contributed by atoms with Gasteiger partial charge < -0.3 is 9.73 Å². The van der Waals surface area contributed by atoms with Gasteiger partial charge in [0, 0.05) is 12.0 Å². The monoisotopic (exact) mass is 409 g/mol. The lowest BCUT2D eigenvalue weighted by Gasteiger charge is -2.03. The van der Waals surface area contributed by atoms with E-state index in [1.165, 1.54) is 24.3 Å². The van der Waals surface area contributed by atoms with Crippen LogP contribution in [0.2, 0.25) is 5.02 Å². The van der Waals surface area contributed by atoms with Gasteiger partial charge >= 0.3 is 0 Å². The van der Waals surface area contributed by atoms with Crippen molar-refractivity contribution in [1.82, 2.24) is 0 Å². The van der Waals surface area contributed by atoms with E-state index in [1.54, 1.807) is 18.2 Å². The molecule has 0 atom stereocenters. The second kappa shape index (κ2) is 8.22. The minimum Gasteiger partial charge on any atom is -0.455 e. The number of primary sulfonamides is 1. The van der Waals surface area contributed by atoms with Crippen LogP contribution in [0.3, 0.4) is 0 Å². The third-order valence-corrected chi connectivity index (χ3v) is 5.32. The van der Waals surface area contributed by atoms with Gasteiger partial charge in [0.05, 0.1) is 16.5 Å². The fourth-order valence-corrected chi connectivity index (χ4v) is 3.35. The van der Waals surface area contributed by atoms with E-state index in [9.17, 15) is 12.8 Å². The first-order chi connectivity index (χ1) is 12.8. The molecule has 3 aromatic rings. The number of hydrogen-bond donors (Lipinski definition) is 2. The largest absolute Gasteiger partial charge is 0.455 e. The summed E-state index contributed by atoms with van der Waals surface area (Å²) in [7, 11) is -3.66. The Kier molecular flexibility index (Phi) is 5.96. The normalized spacial score (nSPS) is 11.7. The quantitative estimate of drug-likeness (QED) is 0.588. The van der Waals surface area contributed by atoms with Crippen molar-refractivity contribution in [3.8, 4) is 11.3 Å². The molecule has 0 spiro atoms. The minimum absolute atomic E-state index is 0.0606. The lowest BCUT2D eigenvalue weighted by atomic mass is 10.1. The van der Waals surface area contributed by atoms with Gasteiger partial charge in [-0.3, -0.25) is 0 Å². The molecule has 8 heteroatoms. The first-order valence-corrected chi connectivity index (χ1v) is 10.2. The van der Waals surface area contributed by atoms with Crippen molar-refractivity contribution in [1.29, 1.82) is 0 Å². The average molecular weight is 410 g/mol. The molecule has 0 saturated heterocycles. The van der Waals surface area contributed by atoms with Crippen LogP contribution in [0, 0.1) is 5.82 Å². The van der Waals surface area contributed by atoms with E-state index in [-0.39, 0.29) is 9.92 Å². The molecule has 0 aliphatic rings. The van der Waals surface area contributed by atoms with Crippen LogP contribution in [-0.4, -0.2) is 15.0 Å². The smallest absolute Gasteiger partial charge is 0.238 e. The zero-order chi connectivity index (χ0) is 19.4. The molecule has 142 valence electrons. The van der Waals surface area contributed by atoms with Crippen LogP contribution in [0.15, 0.2) is 63.9 Å². The van der Waals surface area contributed by atoms with E-state index in [4.69, 9.17) is 21.2 Å². The number of hydrogen-bond acceptors (Lipinski definition) is 3. The number of benzene rings is 2. The Hall–Kier alpha value is -2.19. The number of quaternary nitrogens is 1. The Morgan fingerprint density at radius 2 is 1.81 bits per heavy atom. The molecule has 4 N–H and O–H groups in total. The van der Waals surface area contributed by atoms with E-state index >= 15 is 0 Å². The van der Waals surface area contributed by atoms with Gasteiger partial charge in [0.2, 0.25) is 10.0 Å². The van der Waals surface area contributed by atoms with Crippen LogP contribution in [-0.2, 0) is 23.0 Å². The Morgan fingerprint density at radius 1 is 1.07 bits per heavy atom. The van der Waals surface area contributed by atoms with Crippen molar-refractivity contribution in [2.75, 3.05) is 6.54 Å². The number of furan rings is 1. The van der Waals surface area contributed by atoms with Crippen LogP contribution in [0.5, 0.6) is 0 Å². The van der Waals surface area contributed by atoms with E-state index in [2.05, 4.69) is 5.32 Å². The molecule has 0 amide bonds. The number of nitrogens with two attached hydrogens (primary N) is 2. The summed E-state index contributed by atoms with van der Waals surface area (Å²) < 4.78 is 41.5. The summed E-state index contributed by atoms with van der Waals surface area (Å²) in [6.07, 6.45) is 0.784. The molecule has 1 heterocycles. The second-order valence-corrected chi connectivity index (χ2v) is 8.08. The fraction of sp³-hybridized carbons (Fsp3) is 0.158. The first-order valence-electron chi connectivity index (χ1n) is 8.30. The first kappa shape index (κ1) is 19.6. The molecule has 0 unspecified atom stereocenters. The van der Waals surface area contributed by atoms with Gasteiger partial charge in [-0.2, -0.15) is 0 Å². The second-order valence-electron chi connectivity index (χ2n) is 6.12. The standard InChI is InChI=1S/C19H18ClFN2O3S/c20-17-11-14(3-7-18(17)21)19-8-4-15(26-19)12-23-10-9-13-1-5-16(6-2-13)27(22,24)25/h1-8,11,23H,9-10,12H2,(H2,22,24,25)/p+1. The zero-order valence-electron chi connectivity index (χ0n) is 14.4. The highest BCUT2D eigenvalue weighted by atomic mass is 35.5. The predicted molar refractivity (Wildman–Crippen MR) is 101 cm³/mol. The molecule has 3 rings (SSSR count). The lowest BCUT2D eigenvalue weighted by Crippen LogP contribution is -2.83. The van der Waals surface area contributed by atoms with E-state index in [1.807, 2.05) is 12.1 Å². The van der Waals surface area contributed by atoms with Crippen molar-refractivity contribution in [3.63, 3.8) is 0 Å². The molecule has 0 fully saturated rings. The third kappa shape index (κ3) is 5.17. The van der Waals surface area contributed by atoms with Gasteiger partial charge in [-0.05, 0) is 48.0 Å². The third-order valence-electron chi connectivity index (χ3n) is 4.10. The van der Waals surface area contributed by atoms with Crippen LogP contribution in [0.4, 0.5) is 4.39 Å². The van der Waals surface area contributed by atoms with E-state index < -0.39 is 15.8 Å². The lowest BCUT2D eigenvalue weighted by molar-refractivity contribution is -0.671. The molecule has 0 bridgehead atoms. The minimum atomic E-state index is -3.66. The molecule has 27 heavy (non-hydrogen) atoms. The molecule has 0 aliphatic heterocycles. The average Bonchev–Trinajstić information content (AvgIpc) is 3.10. The predicted octanol–water partition coefficient (Wildman–Crippen LogP) is 2.69. The SMILES string of the molecule is NS(=O)(=O)c1ccc(CC[NH2+]Cc2ccc(-c3ccc(F)c(Cl)c3)o2)cc1. The number of sulfonamides is 1. The van der Waals surface area contributed by atoms with Crippen molar-refractivity contribution in [2.45, 2.75) is 17.9 Å². The summed E-state index contributed by atoms with van der Waals surface area (Å²) in [5, 5.41) is 7.23. The molecule has 0 radical (unpaired) electrons. The van der Waals surface area contributed by atoms with Crippen LogP contribution in [0.1, 0.15) is 11.3 Å². The summed E-state index contributed by atoms with van der Waals surface area (Å²) >= 11 is 5.80. The summed E-state index contributed by atoms with van der Waals surface area (Å²) in [5.41, 5.74) is 1.75. The maximum Gasteiger partial charge on any atom is 0.238 e. The van der Waals surface area contributed by atoms with Crippen molar-refractivity contribution >= 4 is 21.6 Å². The van der Waals surface area contributed by atoms with Crippen LogP contribution < -0.4 is 10.5 Å². The molecular weight excluding hydrogens is 391 g/mol. The topological polar surface area (TPSA) is 89.9 Å². The van der Waals surface area contributed by atoms with E-state index in [0.29, 0.717) is 12.3 Å². The highest BCUT2D eigenvalue weighted by Crippen LogP contribution is 2.26. The molecule has 2 aromatic carbocycles. The molecule has 0 aliphatic carbocycles. The van der Waals surface area contributed by atoms with Crippen molar-refractivity contribution < 1.29 is 22.5 Å². The molecule has 5 nitrogen and oxygen atoms in total. The maximum atomic E-state index is 13.2. The van der Waals surface area contributed by atoms with Crippen LogP contribution >= 0.6 is 11.6 Å². The number of halogens is 2. The molecule has 0 saturated carbocycles. The Bertz CT molecular complexity index is 1030. The van der Waals surface area contributed by atoms with E-state index in [0.717, 1.165) is 29.9 Å². The van der Waals surface area contributed by atoms with Crippen LogP contribution in [0.25, 0.3) is 11.3 Å². The molecular formula is C19H19ClFN2O3S+. The summed E-state index contributed by atoms with van der Waals surface area (Å²) in [6.45, 7) is 1.47. The van der Waals surface area contributed by atoms with Gasteiger partial charge in [-0.15, -0.1) is 0 Å². The Labute approximate surface area is 162 Å². The Balaban J connectivity index is 1.51. The van der Waals surface area contributed by atoms with Crippen molar-refractivity contribution in [2.24, 2.45) is 5.14 Å². The Morgan fingerprint density at radius 3 is 2.48 bits per heavy atom. The van der Waals surface area contributed by atoms with Crippen molar-refractivity contribution in [3.05, 3.63) is 76.8 Å². The summed E-state index contributed by atoms with van der Waals surface area (Å²) in [6, 6.07) is 14.7. The van der Waals surface area contributed by atoms with Gasteiger partial charge in [-0.25, -0.2) is 17.9 Å². The van der Waals surface area contributed by atoms with Gasteiger partial charge in [0.1, 0.15) is 18.1 Å². The zero-order valence-corrected chi connectivity index (χ0v) is 15.9. The summed E-state index contributed by atoms with van der Waals surface area (Å²) in [4.78, 5) is 0.110.